The van der Waals surface area contributed by atoms with Gasteiger partial charge in [0.05, 0.1) is 5.39 Å². The molecule has 2 N–H and O–H groups in total. The standard InChI is InChI=1S/C19H15N3OS/c1-12-11-16-18(20-14-7-9-15(23)10-8-14)21-17(22-19(16)24-12)13-5-3-2-4-6-13/h2-11,23H,1H3,(H,20,21,22). The Labute approximate surface area is 143 Å². The molecule has 2 heterocycles. The number of aromatic nitrogens is 2. The highest BCUT2D eigenvalue weighted by Gasteiger charge is 2.12. The van der Waals surface area contributed by atoms with E-state index >= 15 is 0 Å². The molecule has 0 aliphatic carbocycles. The molecule has 4 aromatic rings. The minimum atomic E-state index is 0.240. The first kappa shape index (κ1) is 14.7. The zero-order valence-corrected chi connectivity index (χ0v) is 13.8. The summed E-state index contributed by atoms with van der Waals surface area (Å²) in [5.74, 6) is 1.71. The van der Waals surface area contributed by atoms with Gasteiger partial charge in [-0.3, -0.25) is 0 Å². The summed E-state index contributed by atoms with van der Waals surface area (Å²) in [6.07, 6.45) is 0. The summed E-state index contributed by atoms with van der Waals surface area (Å²) in [7, 11) is 0. The molecule has 0 saturated carbocycles. The lowest BCUT2D eigenvalue weighted by atomic mass is 10.2. The van der Waals surface area contributed by atoms with Crippen LogP contribution in [0.5, 0.6) is 5.75 Å². The molecule has 2 aromatic carbocycles. The van der Waals surface area contributed by atoms with E-state index in [1.165, 1.54) is 4.88 Å². The molecule has 2 aromatic heterocycles. The van der Waals surface area contributed by atoms with Crippen LogP contribution in [0.15, 0.2) is 60.7 Å². The van der Waals surface area contributed by atoms with Crippen LogP contribution in [0.3, 0.4) is 0 Å². The van der Waals surface area contributed by atoms with Crippen LogP contribution < -0.4 is 5.32 Å². The maximum atomic E-state index is 9.44. The molecular formula is C19H15N3OS. The Bertz CT molecular complexity index is 994. The predicted molar refractivity (Wildman–Crippen MR) is 99.0 cm³/mol. The van der Waals surface area contributed by atoms with Crippen LogP contribution in [0, 0.1) is 6.92 Å². The van der Waals surface area contributed by atoms with Gasteiger partial charge < -0.3 is 10.4 Å². The van der Waals surface area contributed by atoms with Crippen LogP contribution >= 0.6 is 11.3 Å². The molecule has 4 rings (SSSR count). The smallest absolute Gasteiger partial charge is 0.163 e. The number of hydrogen-bond acceptors (Lipinski definition) is 5. The number of nitrogens with one attached hydrogen (secondary N) is 1. The summed E-state index contributed by atoms with van der Waals surface area (Å²) in [5.41, 5.74) is 1.86. The number of phenolic OH excluding ortho intramolecular Hbond substituents is 1. The molecule has 0 saturated heterocycles. The third kappa shape index (κ3) is 2.81. The van der Waals surface area contributed by atoms with E-state index in [1.54, 1.807) is 23.5 Å². The van der Waals surface area contributed by atoms with Crippen LogP contribution in [-0.4, -0.2) is 15.1 Å². The fourth-order valence-electron chi connectivity index (χ4n) is 2.54. The molecule has 0 unspecified atom stereocenters. The van der Waals surface area contributed by atoms with Gasteiger partial charge >= 0.3 is 0 Å². The van der Waals surface area contributed by atoms with Crippen molar-refractivity contribution in [2.75, 3.05) is 5.32 Å². The number of aromatic hydroxyl groups is 1. The van der Waals surface area contributed by atoms with Crippen molar-refractivity contribution < 1.29 is 5.11 Å². The second-order valence-electron chi connectivity index (χ2n) is 5.51. The Kier molecular flexibility index (Phi) is 3.63. The number of phenols is 1. The number of anilines is 2. The molecule has 0 spiro atoms. The van der Waals surface area contributed by atoms with Gasteiger partial charge in [-0.2, -0.15) is 0 Å². The van der Waals surface area contributed by atoms with Crippen molar-refractivity contribution in [2.45, 2.75) is 6.92 Å². The topological polar surface area (TPSA) is 58.0 Å². The second kappa shape index (κ2) is 5.94. The van der Waals surface area contributed by atoms with E-state index in [4.69, 9.17) is 9.97 Å². The summed E-state index contributed by atoms with van der Waals surface area (Å²) in [5, 5.41) is 13.8. The van der Waals surface area contributed by atoms with E-state index in [-0.39, 0.29) is 5.75 Å². The highest BCUT2D eigenvalue weighted by molar-refractivity contribution is 7.18. The molecule has 0 aliphatic rings. The van der Waals surface area contributed by atoms with Crippen molar-refractivity contribution in [3.63, 3.8) is 0 Å². The van der Waals surface area contributed by atoms with E-state index in [0.717, 1.165) is 27.3 Å². The van der Waals surface area contributed by atoms with Gasteiger partial charge in [0.2, 0.25) is 0 Å². The minimum Gasteiger partial charge on any atom is -0.508 e. The van der Waals surface area contributed by atoms with Gasteiger partial charge in [-0.15, -0.1) is 11.3 Å². The Morgan fingerprint density at radius 3 is 2.46 bits per heavy atom. The van der Waals surface area contributed by atoms with Crippen molar-refractivity contribution >= 4 is 33.1 Å². The van der Waals surface area contributed by atoms with Crippen LogP contribution in [0.1, 0.15) is 4.88 Å². The molecular weight excluding hydrogens is 318 g/mol. The average Bonchev–Trinajstić information content (AvgIpc) is 2.98. The quantitative estimate of drug-likeness (QED) is 0.511. The summed E-state index contributed by atoms with van der Waals surface area (Å²) in [4.78, 5) is 11.6. The van der Waals surface area contributed by atoms with Crippen LogP contribution in [0.4, 0.5) is 11.5 Å². The zero-order chi connectivity index (χ0) is 16.5. The van der Waals surface area contributed by atoms with Crippen molar-refractivity contribution in [1.82, 2.24) is 9.97 Å². The Morgan fingerprint density at radius 1 is 0.958 bits per heavy atom. The minimum absolute atomic E-state index is 0.240. The maximum Gasteiger partial charge on any atom is 0.163 e. The van der Waals surface area contributed by atoms with E-state index < -0.39 is 0 Å². The van der Waals surface area contributed by atoms with Gasteiger partial charge in [0.25, 0.3) is 0 Å². The van der Waals surface area contributed by atoms with Crippen molar-refractivity contribution in [3.05, 3.63) is 65.5 Å². The van der Waals surface area contributed by atoms with Gasteiger partial charge in [-0.1, -0.05) is 30.3 Å². The summed E-state index contributed by atoms with van der Waals surface area (Å²) < 4.78 is 0. The van der Waals surface area contributed by atoms with Crippen LogP contribution in [0.2, 0.25) is 0 Å². The van der Waals surface area contributed by atoms with E-state index in [9.17, 15) is 5.11 Å². The highest BCUT2D eigenvalue weighted by atomic mass is 32.1. The van der Waals surface area contributed by atoms with E-state index in [0.29, 0.717) is 5.82 Å². The fourth-order valence-corrected chi connectivity index (χ4v) is 3.41. The lowest BCUT2D eigenvalue weighted by molar-refractivity contribution is 0.475. The molecule has 0 bridgehead atoms. The molecule has 118 valence electrons. The van der Waals surface area contributed by atoms with Crippen LogP contribution in [-0.2, 0) is 0 Å². The number of hydrogen-bond donors (Lipinski definition) is 2. The number of benzene rings is 2. The maximum absolute atomic E-state index is 9.44. The number of rotatable bonds is 3. The predicted octanol–water partition coefficient (Wildman–Crippen LogP) is 5.12. The van der Waals surface area contributed by atoms with Gasteiger partial charge in [0.15, 0.2) is 5.82 Å². The van der Waals surface area contributed by atoms with Crippen molar-refractivity contribution in [1.29, 1.82) is 0 Å². The summed E-state index contributed by atoms with van der Waals surface area (Å²) in [6, 6.07) is 19.0. The molecule has 0 fully saturated rings. The first-order valence-electron chi connectivity index (χ1n) is 7.59. The molecule has 5 heteroatoms. The lowest BCUT2D eigenvalue weighted by Gasteiger charge is -2.09. The van der Waals surface area contributed by atoms with E-state index in [1.807, 2.05) is 42.5 Å². The normalized spacial score (nSPS) is 10.9. The fraction of sp³-hybridized carbons (Fsp3) is 0.0526. The summed E-state index contributed by atoms with van der Waals surface area (Å²) >= 11 is 1.66. The number of nitrogens with zero attached hydrogens (tertiary/aromatic N) is 2. The largest absolute Gasteiger partial charge is 0.508 e. The molecule has 0 atom stereocenters. The Morgan fingerprint density at radius 2 is 1.71 bits per heavy atom. The molecule has 0 amide bonds. The van der Waals surface area contributed by atoms with Gasteiger partial charge in [0.1, 0.15) is 16.4 Å². The number of fused-ring (bicyclic) bond motifs is 1. The lowest BCUT2D eigenvalue weighted by Crippen LogP contribution is -1.97. The third-order valence-electron chi connectivity index (χ3n) is 3.68. The molecule has 4 nitrogen and oxygen atoms in total. The highest BCUT2D eigenvalue weighted by Crippen LogP contribution is 2.32. The van der Waals surface area contributed by atoms with Gasteiger partial charge in [0, 0.05) is 16.1 Å². The number of aryl methyl sites for hydroxylation is 1. The molecule has 0 aliphatic heterocycles. The van der Waals surface area contributed by atoms with Gasteiger partial charge in [-0.25, -0.2) is 9.97 Å². The molecule has 24 heavy (non-hydrogen) atoms. The van der Waals surface area contributed by atoms with Crippen molar-refractivity contribution in [3.8, 4) is 17.1 Å². The SMILES string of the molecule is Cc1cc2c(Nc3ccc(O)cc3)nc(-c3ccccc3)nc2s1. The van der Waals surface area contributed by atoms with E-state index in [2.05, 4.69) is 18.3 Å². The molecule has 0 radical (unpaired) electrons. The first-order valence-corrected chi connectivity index (χ1v) is 8.40. The first-order chi connectivity index (χ1) is 11.7. The zero-order valence-electron chi connectivity index (χ0n) is 13.0. The average molecular weight is 333 g/mol. The third-order valence-corrected chi connectivity index (χ3v) is 4.62. The Balaban J connectivity index is 1.84. The van der Waals surface area contributed by atoms with Crippen molar-refractivity contribution in [2.24, 2.45) is 0 Å². The summed E-state index contributed by atoms with van der Waals surface area (Å²) in [6.45, 7) is 2.07. The second-order valence-corrected chi connectivity index (χ2v) is 6.74. The monoisotopic (exact) mass is 333 g/mol. The van der Waals surface area contributed by atoms with Crippen LogP contribution in [0.25, 0.3) is 21.6 Å². The van der Waals surface area contributed by atoms with Gasteiger partial charge in [-0.05, 0) is 37.3 Å². The number of thiophene rings is 1. The Hall–Kier alpha value is -2.92.